The molecule has 0 heterocycles. The van der Waals surface area contributed by atoms with Crippen molar-refractivity contribution in [3.8, 4) is 11.8 Å². The highest BCUT2D eigenvalue weighted by Gasteiger charge is 2.10. The number of nitrogens with zero attached hydrogens (tertiary/aromatic N) is 1. The topological polar surface area (TPSA) is 33.0 Å². The van der Waals surface area contributed by atoms with Crippen molar-refractivity contribution in [2.24, 2.45) is 0 Å². The van der Waals surface area contributed by atoms with E-state index in [1.165, 1.54) is 5.56 Å². The van der Waals surface area contributed by atoms with Crippen molar-refractivity contribution in [3.63, 3.8) is 0 Å². The Hall–Kier alpha value is -1.75. The maximum Gasteiger partial charge on any atom is 0.119 e. The number of allylic oxidation sites excluding steroid dienone is 1. The molecule has 0 N–H and O–H groups in total. The molecule has 70 valence electrons. The van der Waals surface area contributed by atoms with Crippen LogP contribution in [0.3, 0.4) is 0 Å². The first kappa shape index (κ1) is 8.83. The normalized spacial score (nSPS) is 13.9. The van der Waals surface area contributed by atoms with Gasteiger partial charge in [-0.05, 0) is 42.2 Å². The molecule has 1 aliphatic rings. The molecule has 0 fully saturated rings. The van der Waals surface area contributed by atoms with Crippen LogP contribution in [0.2, 0.25) is 0 Å². The molecule has 2 nitrogen and oxygen atoms in total. The quantitative estimate of drug-likeness (QED) is 0.673. The number of nitriles is 1. The molecule has 1 aromatic carbocycles. The van der Waals surface area contributed by atoms with Crippen molar-refractivity contribution in [2.75, 3.05) is 7.11 Å². The highest BCUT2D eigenvalue weighted by molar-refractivity contribution is 5.64. The first-order chi connectivity index (χ1) is 6.83. The molecule has 0 saturated heterocycles. The van der Waals surface area contributed by atoms with Crippen LogP contribution in [0.15, 0.2) is 23.8 Å². The van der Waals surface area contributed by atoms with Gasteiger partial charge in [0.1, 0.15) is 5.75 Å². The minimum absolute atomic E-state index is 0.846. The van der Waals surface area contributed by atoms with Crippen LogP contribution in [0.5, 0.6) is 5.75 Å². The lowest BCUT2D eigenvalue weighted by Crippen LogP contribution is -1.98. The lowest BCUT2D eigenvalue weighted by molar-refractivity contribution is 0.414. The fourth-order valence-corrected chi connectivity index (χ4v) is 1.68. The maximum absolute atomic E-state index is 8.79. The van der Waals surface area contributed by atoms with E-state index in [-0.39, 0.29) is 0 Å². The second kappa shape index (κ2) is 3.55. The molecule has 0 aliphatic heterocycles. The second-order valence-corrected chi connectivity index (χ2v) is 3.35. The van der Waals surface area contributed by atoms with Gasteiger partial charge >= 0.3 is 0 Å². The zero-order valence-electron chi connectivity index (χ0n) is 8.08. The summed E-state index contributed by atoms with van der Waals surface area (Å²) < 4.78 is 5.14. The monoisotopic (exact) mass is 185 g/mol. The zero-order chi connectivity index (χ0) is 9.97. The van der Waals surface area contributed by atoms with Gasteiger partial charge in [0, 0.05) is 5.57 Å². The molecule has 0 saturated carbocycles. The van der Waals surface area contributed by atoms with Crippen molar-refractivity contribution < 1.29 is 4.74 Å². The van der Waals surface area contributed by atoms with Crippen molar-refractivity contribution in [2.45, 2.75) is 12.8 Å². The molecule has 1 aliphatic carbocycles. The Balaban J connectivity index is 2.46. The molecule has 2 heteroatoms. The van der Waals surface area contributed by atoms with Gasteiger partial charge in [0.25, 0.3) is 0 Å². The average Bonchev–Trinajstić information content (AvgIpc) is 2.27. The van der Waals surface area contributed by atoms with Crippen molar-refractivity contribution in [1.29, 1.82) is 5.26 Å². The third-order valence-electron chi connectivity index (χ3n) is 2.49. The Labute approximate surface area is 83.4 Å². The van der Waals surface area contributed by atoms with Gasteiger partial charge in [0.05, 0.1) is 13.2 Å². The van der Waals surface area contributed by atoms with E-state index in [1.807, 2.05) is 18.2 Å². The van der Waals surface area contributed by atoms with Gasteiger partial charge in [-0.15, -0.1) is 0 Å². The van der Waals surface area contributed by atoms with Gasteiger partial charge in [-0.3, -0.25) is 0 Å². The predicted octanol–water partition coefficient (Wildman–Crippen LogP) is 2.55. The summed E-state index contributed by atoms with van der Waals surface area (Å²) in [6, 6.07) is 8.21. The maximum atomic E-state index is 8.79. The van der Waals surface area contributed by atoms with Crippen LogP contribution in [0, 0.1) is 11.3 Å². The van der Waals surface area contributed by atoms with Crippen LogP contribution in [0.4, 0.5) is 0 Å². The summed E-state index contributed by atoms with van der Waals surface area (Å²) in [6.45, 7) is 0. The molecule has 0 spiro atoms. The zero-order valence-corrected chi connectivity index (χ0v) is 8.08. The van der Waals surface area contributed by atoms with Crippen LogP contribution in [0.25, 0.3) is 6.08 Å². The lowest BCUT2D eigenvalue weighted by atomic mass is 9.93. The third kappa shape index (κ3) is 1.49. The van der Waals surface area contributed by atoms with Gasteiger partial charge in [-0.25, -0.2) is 0 Å². The summed E-state index contributed by atoms with van der Waals surface area (Å²) in [5.74, 6) is 0.846. The minimum atomic E-state index is 0.846. The molecular formula is C12H11NO. The smallest absolute Gasteiger partial charge is 0.119 e. The standard InChI is InChI=1S/C12H11NO/c1-14-12-5-4-10-3-2-9(8-13)6-11(10)7-12/h4-7H,2-3H2,1H3. The number of methoxy groups -OCH3 is 1. The van der Waals surface area contributed by atoms with E-state index in [4.69, 9.17) is 10.00 Å². The lowest BCUT2D eigenvalue weighted by Gasteiger charge is -2.13. The molecule has 2 rings (SSSR count). The van der Waals surface area contributed by atoms with Crippen molar-refractivity contribution in [3.05, 3.63) is 34.9 Å². The molecule has 1 aromatic rings. The van der Waals surface area contributed by atoms with Crippen molar-refractivity contribution in [1.82, 2.24) is 0 Å². The molecule has 0 aromatic heterocycles. The number of rotatable bonds is 1. The number of hydrogen-bond donors (Lipinski definition) is 0. The fraction of sp³-hybridized carbons (Fsp3) is 0.250. The molecular weight excluding hydrogens is 174 g/mol. The second-order valence-electron chi connectivity index (χ2n) is 3.35. The molecule has 0 radical (unpaired) electrons. The summed E-state index contributed by atoms with van der Waals surface area (Å²) >= 11 is 0. The van der Waals surface area contributed by atoms with Gasteiger partial charge < -0.3 is 4.74 Å². The Kier molecular flexibility index (Phi) is 2.24. The van der Waals surface area contributed by atoms with Crippen LogP contribution in [-0.2, 0) is 6.42 Å². The number of aryl methyl sites for hydroxylation is 1. The fourth-order valence-electron chi connectivity index (χ4n) is 1.68. The van der Waals surface area contributed by atoms with E-state index >= 15 is 0 Å². The van der Waals surface area contributed by atoms with E-state index in [0.717, 1.165) is 29.7 Å². The van der Waals surface area contributed by atoms with Crippen LogP contribution < -0.4 is 4.74 Å². The van der Waals surface area contributed by atoms with E-state index in [1.54, 1.807) is 7.11 Å². The van der Waals surface area contributed by atoms with Crippen LogP contribution in [0.1, 0.15) is 17.5 Å². The Bertz CT molecular complexity index is 426. The predicted molar refractivity (Wildman–Crippen MR) is 54.9 cm³/mol. The number of ether oxygens (including phenoxy) is 1. The Morgan fingerprint density at radius 2 is 2.21 bits per heavy atom. The highest BCUT2D eigenvalue weighted by atomic mass is 16.5. The Morgan fingerprint density at radius 3 is 2.93 bits per heavy atom. The molecule has 0 amide bonds. The molecule has 0 atom stereocenters. The van der Waals surface area contributed by atoms with Gasteiger partial charge in [-0.1, -0.05) is 6.07 Å². The van der Waals surface area contributed by atoms with Gasteiger partial charge in [0.2, 0.25) is 0 Å². The molecule has 0 unspecified atom stereocenters. The summed E-state index contributed by atoms with van der Waals surface area (Å²) in [5.41, 5.74) is 3.27. The van der Waals surface area contributed by atoms with Crippen LogP contribution in [-0.4, -0.2) is 7.11 Å². The van der Waals surface area contributed by atoms with Gasteiger partial charge in [-0.2, -0.15) is 5.26 Å². The van der Waals surface area contributed by atoms with Gasteiger partial charge in [0.15, 0.2) is 0 Å². The van der Waals surface area contributed by atoms with E-state index in [0.29, 0.717) is 0 Å². The summed E-state index contributed by atoms with van der Waals surface area (Å²) in [4.78, 5) is 0. The van der Waals surface area contributed by atoms with Crippen LogP contribution >= 0.6 is 0 Å². The first-order valence-electron chi connectivity index (χ1n) is 4.61. The summed E-state index contributed by atoms with van der Waals surface area (Å²) in [6.07, 6.45) is 3.76. The van der Waals surface area contributed by atoms with E-state index in [9.17, 15) is 0 Å². The summed E-state index contributed by atoms with van der Waals surface area (Å²) in [5, 5.41) is 8.79. The molecule has 14 heavy (non-hydrogen) atoms. The number of benzene rings is 1. The highest BCUT2D eigenvalue weighted by Crippen LogP contribution is 2.26. The van der Waals surface area contributed by atoms with E-state index < -0.39 is 0 Å². The molecule has 0 bridgehead atoms. The average molecular weight is 185 g/mol. The third-order valence-corrected chi connectivity index (χ3v) is 2.49. The SMILES string of the molecule is COc1ccc2c(c1)C=C(C#N)CC2. The van der Waals surface area contributed by atoms with Crippen molar-refractivity contribution >= 4 is 6.08 Å². The largest absolute Gasteiger partial charge is 0.497 e. The minimum Gasteiger partial charge on any atom is -0.497 e. The Morgan fingerprint density at radius 1 is 1.36 bits per heavy atom. The first-order valence-corrected chi connectivity index (χ1v) is 4.61. The number of hydrogen-bond acceptors (Lipinski definition) is 2. The van der Waals surface area contributed by atoms with E-state index in [2.05, 4.69) is 12.1 Å². The number of fused-ring (bicyclic) bond motifs is 1. The summed E-state index contributed by atoms with van der Waals surface area (Å²) in [7, 11) is 1.65.